The maximum Gasteiger partial charge on any atom is 0.190 e. The molecule has 3 heteroatoms. The average molecular weight is 153 g/mol. The van der Waals surface area contributed by atoms with Crippen molar-refractivity contribution in [1.29, 1.82) is 0 Å². The van der Waals surface area contributed by atoms with Crippen LogP contribution in [0.2, 0.25) is 0 Å². The summed E-state index contributed by atoms with van der Waals surface area (Å²) in [6.07, 6.45) is 5.81. The van der Waals surface area contributed by atoms with Gasteiger partial charge in [-0.1, -0.05) is 0 Å². The van der Waals surface area contributed by atoms with Crippen LogP contribution in [-0.4, -0.2) is 26.1 Å². The predicted octanol–water partition coefficient (Wildman–Crippen LogP) is 0.195. The summed E-state index contributed by atoms with van der Waals surface area (Å²) in [7, 11) is 1.74. The van der Waals surface area contributed by atoms with E-state index >= 15 is 0 Å². The van der Waals surface area contributed by atoms with Crippen molar-refractivity contribution in [3.05, 3.63) is 0 Å². The lowest BCUT2D eigenvalue weighted by Crippen LogP contribution is -2.37. The molecule has 3 nitrogen and oxygen atoms in total. The molecule has 0 spiro atoms. The molecule has 0 fully saturated rings. The predicted molar refractivity (Wildman–Crippen MR) is 48.5 cm³/mol. The highest BCUT2D eigenvalue weighted by Gasteiger charge is 1.90. The van der Waals surface area contributed by atoms with Crippen molar-refractivity contribution in [2.75, 3.05) is 20.1 Å². The molecule has 62 valence electrons. The number of aliphatic imine (C=N–C) groups is 1. The van der Waals surface area contributed by atoms with Gasteiger partial charge in [-0.25, -0.2) is 0 Å². The van der Waals surface area contributed by atoms with E-state index in [1.54, 1.807) is 7.05 Å². The van der Waals surface area contributed by atoms with Crippen LogP contribution in [0.5, 0.6) is 0 Å². The topological polar surface area (TPSA) is 36.4 Å². The summed E-state index contributed by atoms with van der Waals surface area (Å²) in [6.45, 7) is 3.67. The molecule has 11 heavy (non-hydrogen) atoms. The fraction of sp³-hybridized carbons (Fsp3) is 0.625. The highest BCUT2D eigenvalue weighted by Crippen LogP contribution is 1.71. The molecule has 0 aliphatic rings. The number of terminal acetylenes is 1. The van der Waals surface area contributed by atoms with Crippen LogP contribution in [0.4, 0.5) is 0 Å². The first-order valence-corrected chi connectivity index (χ1v) is 3.73. The van der Waals surface area contributed by atoms with Crippen LogP contribution in [0.1, 0.15) is 13.3 Å². The van der Waals surface area contributed by atoms with E-state index in [9.17, 15) is 0 Å². The Kier molecular flexibility index (Phi) is 6.20. The number of nitrogens with zero attached hydrogens (tertiary/aromatic N) is 1. The van der Waals surface area contributed by atoms with Gasteiger partial charge in [0.15, 0.2) is 5.96 Å². The zero-order valence-corrected chi connectivity index (χ0v) is 7.15. The number of hydrogen-bond donors (Lipinski definition) is 2. The Morgan fingerprint density at radius 3 is 2.73 bits per heavy atom. The Bertz CT molecular complexity index is 155. The summed E-state index contributed by atoms with van der Waals surface area (Å²) in [5.41, 5.74) is 0. The number of rotatable bonds is 3. The maximum atomic E-state index is 5.08. The zero-order valence-electron chi connectivity index (χ0n) is 7.15. The molecule has 0 saturated heterocycles. The van der Waals surface area contributed by atoms with E-state index in [-0.39, 0.29) is 0 Å². The van der Waals surface area contributed by atoms with Gasteiger partial charge >= 0.3 is 0 Å². The molecule has 0 rings (SSSR count). The van der Waals surface area contributed by atoms with Gasteiger partial charge in [0.05, 0.1) is 0 Å². The first kappa shape index (κ1) is 9.83. The van der Waals surface area contributed by atoms with Crippen LogP contribution in [0, 0.1) is 12.3 Å². The molecule has 0 aliphatic carbocycles. The maximum absolute atomic E-state index is 5.08. The Balaban J connectivity index is 3.47. The first-order chi connectivity index (χ1) is 5.35. The summed E-state index contributed by atoms with van der Waals surface area (Å²) >= 11 is 0. The SMILES string of the molecule is C#CCCNC(=NC)NCC. The van der Waals surface area contributed by atoms with Gasteiger partial charge in [0, 0.05) is 26.6 Å². The highest BCUT2D eigenvalue weighted by atomic mass is 15.2. The van der Waals surface area contributed by atoms with Gasteiger partial charge in [-0.3, -0.25) is 4.99 Å². The number of hydrogen-bond acceptors (Lipinski definition) is 1. The molecule has 0 unspecified atom stereocenters. The standard InChI is InChI=1S/C8H15N3/c1-4-6-7-11-8(9-3)10-5-2/h1H,5-7H2,2-3H3,(H2,9,10,11). The van der Waals surface area contributed by atoms with E-state index in [0.717, 1.165) is 25.5 Å². The van der Waals surface area contributed by atoms with Crippen molar-refractivity contribution in [3.63, 3.8) is 0 Å². The summed E-state index contributed by atoms with van der Waals surface area (Å²) in [5.74, 6) is 3.35. The van der Waals surface area contributed by atoms with Crippen LogP contribution in [0.25, 0.3) is 0 Å². The van der Waals surface area contributed by atoms with Gasteiger partial charge in [0.2, 0.25) is 0 Å². The van der Waals surface area contributed by atoms with Crippen molar-refractivity contribution in [1.82, 2.24) is 10.6 Å². The van der Waals surface area contributed by atoms with Gasteiger partial charge in [0.25, 0.3) is 0 Å². The summed E-state index contributed by atoms with van der Waals surface area (Å²) < 4.78 is 0. The molecule has 0 aliphatic heterocycles. The molecule has 0 aromatic carbocycles. The second-order valence-electron chi connectivity index (χ2n) is 1.98. The Labute approximate surface area is 68.3 Å². The molecule has 0 bridgehead atoms. The van der Waals surface area contributed by atoms with Crippen molar-refractivity contribution in [3.8, 4) is 12.3 Å². The molecule has 0 atom stereocenters. The smallest absolute Gasteiger partial charge is 0.190 e. The van der Waals surface area contributed by atoms with Gasteiger partial charge in [-0.05, 0) is 6.92 Å². The van der Waals surface area contributed by atoms with Crippen LogP contribution in [-0.2, 0) is 0 Å². The van der Waals surface area contributed by atoms with Crippen molar-refractivity contribution < 1.29 is 0 Å². The van der Waals surface area contributed by atoms with E-state index in [1.165, 1.54) is 0 Å². The van der Waals surface area contributed by atoms with Gasteiger partial charge in [0.1, 0.15) is 0 Å². The second-order valence-corrected chi connectivity index (χ2v) is 1.98. The second kappa shape index (κ2) is 6.94. The summed E-state index contributed by atoms with van der Waals surface area (Å²) in [6, 6.07) is 0. The van der Waals surface area contributed by atoms with Crippen LogP contribution >= 0.6 is 0 Å². The fourth-order valence-electron chi connectivity index (χ4n) is 0.641. The van der Waals surface area contributed by atoms with E-state index in [1.807, 2.05) is 6.92 Å². The minimum atomic E-state index is 0.727. The lowest BCUT2D eigenvalue weighted by molar-refractivity contribution is 0.829. The van der Waals surface area contributed by atoms with Crippen molar-refractivity contribution in [2.45, 2.75) is 13.3 Å². The summed E-state index contributed by atoms with van der Waals surface area (Å²) in [4.78, 5) is 3.98. The van der Waals surface area contributed by atoms with Crippen molar-refractivity contribution >= 4 is 5.96 Å². The van der Waals surface area contributed by atoms with Gasteiger partial charge in [-0.2, -0.15) is 0 Å². The molecule has 2 N–H and O–H groups in total. The molecule has 0 amide bonds. The van der Waals surface area contributed by atoms with Gasteiger partial charge in [-0.15, -0.1) is 12.3 Å². The van der Waals surface area contributed by atoms with Crippen LogP contribution < -0.4 is 10.6 Å². The normalized spacial score (nSPS) is 10.5. The monoisotopic (exact) mass is 153 g/mol. The quantitative estimate of drug-likeness (QED) is 0.263. The highest BCUT2D eigenvalue weighted by molar-refractivity contribution is 5.79. The van der Waals surface area contributed by atoms with Gasteiger partial charge < -0.3 is 10.6 Å². The van der Waals surface area contributed by atoms with Crippen LogP contribution in [0.15, 0.2) is 4.99 Å². The van der Waals surface area contributed by atoms with Crippen LogP contribution in [0.3, 0.4) is 0 Å². The molecular formula is C8H15N3. The lowest BCUT2D eigenvalue weighted by Gasteiger charge is -2.07. The fourth-order valence-corrected chi connectivity index (χ4v) is 0.641. The van der Waals surface area contributed by atoms with E-state index in [0.29, 0.717) is 0 Å². The van der Waals surface area contributed by atoms with E-state index < -0.39 is 0 Å². The Hall–Kier alpha value is -1.17. The molecule has 0 radical (unpaired) electrons. The third kappa shape index (κ3) is 5.28. The molecular weight excluding hydrogens is 138 g/mol. The Morgan fingerprint density at radius 2 is 2.27 bits per heavy atom. The van der Waals surface area contributed by atoms with Crippen molar-refractivity contribution in [2.24, 2.45) is 4.99 Å². The largest absolute Gasteiger partial charge is 0.357 e. The number of nitrogens with one attached hydrogen (secondary N) is 2. The lowest BCUT2D eigenvalue weighted by atomic mass is 10.4. The van der Waals surface area contributed by atoms with E-state index in [2.05, 4.69) is 21.5 Å². The third-order valence-electron chi connectivity index (χ3n) is 1.13. The minimum absolute atomic E-state index is 0.727. The first-order valence-electron chi connectivity index (χ1n) is 3.73. The average Bonchev–Trinajstić information content (AvgIpc) is 2.03. The molecule has 0 aromatic heterocycles. The molecule has 0 heterocycles. The Morgan fingerprint density at radius 1 is 1.55 bits per heavy atom. The van der Waals surface area contributed by atoms with E-state index in [4.69, 9.17) is 6.42 Å². The minimum Gasteiger partial charge on any atom is -0.357 e. The molecule has 0 saturated carbocycles. The third-order valence-corrected chi connectivity index (χ3v) is 1.13. The molecule has 0 aromatic rings. The number of guanidine groups is 1. The zero-order chi connectivity index (χ0) is 8.53. The summed E-state index contributed by atoms with van der Waals surface area (Å²) in [5, 5.41) is 6.13.